The van der Waals surface area contributed by atoms with Crippen molar-refractivity contribution in [2.45, 2.75) is 20.5 Å². The first-order valence-corrected chi connectivity index (χ1v) is 11.6. The Morgan fingerprint density at radius 2 is 1.63 bits per heavy atom. The summed E-state index contributed by atoms with van der Waals surface area (Å²) in [6.07, 6.45) is 1.44. The maximum absolute atomic E-state index is 13.1. The molecule has 0 unspecified atom stereocenters. The van der Waals surface area contributed by atoms with Crippen LogP contribution in [0.15, 0.2) is 70.7 Å². The summed E-state index contributed by atoms with van der Waals surface area (Å²) in [5, 5.41) is 2.22. The minimum absolute atomic E-state index is 0.156. The number of imide groups is 2. The summed E-state index contributed by atoms with van der Waals surface area (Å²) >= 11 is 3.50. The van der Waals surface area contributed by atoms with Crippen LogP contribution < -0.4 is 19.7 Å². The van der Waals surface area contributed by atoms with Gasteiger partial charge in [0.05, 0.1) is 17.3 Å². The Kier molecular flexibility index (Phi) is 7.02. The zero-order chi connectivity index (χ0) is 25.1. The van der Waals surface area contributed by atoms with Crippen LogP contribution in [-0.4, -0.2) is 25.0 Å². The van der Waals surface area contributed by atoms with E-state index in [1.54, 1.807) is 42.5 Å². The zero-order valence-electron chi connectivity index (χ0n) is 19.4. The van der Waals surface area contributed by atoms with Gasteiger partial charge in [-0.3, -0.25) is 14.9 Å². The van der Waals surface area contributed by atoms with Gasteiger partial charge in [-0.25, -0.2) is 9.69 Å². The van der Waals surface area contributed by atoms with Crippen LogP contribution in [0.5, 0.6) is 11.5 Å². The van der Waals surface area contributed by atoms with Gasteiger partial charge in [-0.05, 0) is 83.4 Å². The van der Waals surface area contributed by atoms with Crippen LogP contribution in [0.1, 0.15) is 22.3 Å². The second-order valence-corrected chi connectivity index (χ2v) is 8.98. The lowest BCUT2D eigenvalue weighted by Crippen LogP contribution is -2.54. The summed E-state index contributed by atoms with van der Waals surface area (Å²) in [5.41, 5.74) is 4.16. The van der Waals surface area contributed by atoms with Gasteiger partial charge in [-0.1, -0.05) is 35.4 Å². The monoisotopic (exact) mass is 534 g/mol. The van der Waals surface area contributed by atoms with Crippen LogP contribution in [0.2, 0.25) is 0 Å². The second kappa shape index (κ2) is 10.1. The van der Waals surface area contributed by atoms with Gasteiger partial charge >= 0.3 is 6.03 Å². The molecule has 1 aliphatic rings. The Morgan fingerprint density at radius 1 is 0.943 bits per heavy atom. The Labute approximate surface area is 211 Å². The van der Waals surface area contributed by atoms with Gasteiger partial charge in [0.15, 0.2) is 0 Å². The number of hydrogen-bond donors (Lipinski definition) is 1. The van der Waals surface area contributed by atoms with Crippen LogP contribution in [-0.2, 0) is 16.2 Å². The summed E-state index contributed by atoms with van der Waals surface area (Å²) in [5.74, 6) is -0.262. The summed E-state index contributed by atoms with van der Waals surface area (Å²) in [4.78, 5) is 38.8. The van der Waals surface area contributed by atoms with Crippen LogP contribution >= 0.6 is 15.9 Å². The van der Waals surface area contributed by atoms with Crippen LogP contribution in [0, 0.1) is 13.8 Å². The molecular formula is C27H23BrN2O5. The highest BCUT2D eigenvalue weighted by Gasteiger charge is 2.36. The van der Waals surface area contributed by atoms with Crippen LogP contribution in [0.4, 0.5) is 10.5 Å². The first-order valence-electron chi connectivity index (χ1n) is 10.8. The SMILES string of the molecule is COc1ccc(N2C(=O)NC(=O)/C(=C\c3ccc(OCc4cc(C)cc(C)c4)c(Br)c3)C2=O)cc1. The van der Waals surface area contributed by atoms with Crippen molar-refractivity contribution in [1.29, 1.82) is 0 Å². The van der Waals surface area contributed by atoms with Crippen molar-refractivity contribution in [3.8, 4) is 11.5 Å². The molecule has 1 N–H and O–H groups in total. The van der Waals surface area contributed by atoms with Crippen molar-refractivity contribution in [2.75, 3.05) is 12.0 Å². The van der Waals surface area contributed by atoms with Crippen LogP contribution in [0.25, 0.3) is 6.08 Å². The molecule has 1 fully saturated rings. The average molecular weight is 535 g/mol. The number of hydrogen-bond acceptors (Lipinski definition) is 5. The van der Waals surface area contributed by atoms with E-state index in [9.17, 15) is 14.4 Å². The number of methoxy groups -OCH3 is 1. The Bertz CT molecular complexity index is 1330. The summed E-state index contributed by atoms with van der Waals surface area (Å²) in [6, 6.07) is 17.1. The average Bonchev–Trinajstić information content (AvgIpc) is 2.81. The fourth-order valence-electron chi connectivity index (χ4n) is 3.83. The van der Waals surface area contributed by atoms with Crippen molar-refractivity contribution < 1.29 is 23.9 Å². The molecule has 1 heterocycles. The highest BCUT2D eigenvalue weighted by Crippen LogP contribution is 2.29. The number of aryl methyl sites for hydroxylation is 2. The van der Waals surface area contributed by atoms with E-state index in [-0.39, 0.29) is 5.57 Å². The Hall–Kier alpha value is -3.91. The molecule has 3 aromatic carbocycles. The quantitative estimate of drug-likeness (QED) is 0.341. The number of carbonyl (C=O) groups excluding carboxylic acids is 3. The third-order valence-electron chi connectivity index (χ3n) is 5.38. The van der Waals surface area contributed by atoms with E-state index in [0.717, 1.165) is 10.5 Å². The van der Waals surface area contributed by atoms with Crippen molar-refractivity contribution >= 4 is 45.5 Å². The van der Waals surface area contributed by atoms with Gasteiger partial charge in [0, 0.05) is 0 Å². The standard InChI is InChI=1S/C27H23BrN2O5/c1-16-10-17(2)12-19(11-16)15-35-24-9-4-18(14-23(24)28)13-22-25(31)29-27(33)30(26(22)32)20-5-7-21(34-3)8-6-20/h4-14H,15H2,1-3H3,(H,29,31,33)/b22-13+. The third-order valence-corrected chi connectivity index (χ3v) is 5.99. The summed E-state index contributed by atoms with van der Waals surface area (Å²) in [6.45, 7) is 4.49. The molecule has 0 bridgehead atoms. The molecule has 0 aliphatic carbocycles. The second-order valence-electron chi connectivity index (χ2n) is 8.13. The fraction of sp³-hybridized carbons (Fsp3) is 0.148. The molecule has 35 heavy (non-hydrogen) atoms. The summed E-state index contributed by atoms with van der Waals surface area (Å²) < 4.78 is 11.7. The number of rotatable bonds is 6. The number of anilines is 1. The smallest absolute Gasteiger partial charge is 0.335 e. The maximum atomic E-state index is 13.1. The molecule has 0 aromatic heterocycles. The number of carbonyl (C=O) groups is 3. The minimum Gasteiger partial charge on any atom is -0.497 e. The van der Waals surface area contributed by atoms with E-state index in [0.29, 0.717) is 33.8 Å². The van der Waals surface area contributed by atoms with Crippen molar-refractivity contribution in [1.82, 2.24) is 5.32 Å². The molecule has 8 heteroatoms. The number of amides is 4. The summed E-state index contributed by atoms with van der Waals surface area (Å²) in [7, 11) is 1.52. The number of ether oxygens (including phenoxy) is 2. The fourth-order valence-corrected chi connectivity index (χ4v) is 4.34. The molecule has 4 amide bonds. The van der Waals surface area contributed by atoms with Gasteiger partial charge in [0.25, 0.3) is 11.8 Å². The van der Waals surface area contributed by atoms with E-state index in [1.165, 1.54) is 24.3 Å². The molecule has 1 saturated heterocycles. The largest absolute Gasteiger partial charge is 0.497 e. The molecular weight excluding hydrogens is 512 g/mol. The minimum atomic E-state index is -0.807. The maximum Gasteiger partial charge on any atom is 0.335 e. The van der Waals surface area contributed by atoms with E-state index < -0.39 is 17.8 Å². The van der Waals surface area contributed by atoms with Crippen LogP contribution in [0.3, 0.4) is 0 Å². The molecule has 0 saturated carbocycles. The third kappa shape index (κ3) is 5.44. The number of urea groups is 1. The molecule has 3 aromatic rings. The Balaban J connectivity index is 1.55. The topological polar surface area (TPSA) is 84.9 Å². The first-order chi connectivity index (χ1) is 16.7. The molecule has 1 aliphatic heterocycles. The van der Waals surface area contributed by atoms with E-state index in [1.807, 2.05) is 13.8 Å². The molecule has 178 valence electrons. The van der Waals surface area contributed by atoms with Gasteiger partial charge in [0.2, 0.25) is 0 Å². The molecule has 7 nitrogen and oxygen atoms in total. The molecule has 4 rings (SSSR count). The van der Waals surface area contributed by atoms with Crippen molar-refractivity contribution in [3.63, 3.8) is 0 Å². The first kappa shape index (κ1) is 24.2. The zero-order valence-corrected chi connectivity index (χ0v) is 21.0. The lowest BCUT2D eigenvalue weighted by atomic mass is 10.1. The molecule has 0 radical (unpaired) electrons. The molecule has 0 spiro atoms. The highest BCUT2D eigenvalue weighted by atomic mass is 79.9. The Morgan fingerprint density at radius 3 is 2.26 bits per heavy atom. The highest BCUT2D eigenvalue weighted by molar-refractivity contribution is 9.10. The van der Waals surface area contributed by atoms with Gasteiger partial charge < -0.3 is 9.47 Å². The number of benzene rings is 3. The number of halogens is 1. The predicted octanol–water partition coefficient (Wildman–Crippen LogP) is 5.32. The number of nitrogens with one attached hydrogen (secondary N) is 1. The van der Waals surface area contributed by atoms with E-state index >= 15 is 0 Å². The van der Waals surface area contributed by atoms with Crippen molar-refractivity contribution in [3.05, 3.63) is 93.0 Å². The predicted molar refractivity (Wildman–Crippen MR) is 136 cm³/mol. The van der Waals surface area contributed by atoms with E-state index in [4.69, 9.17) is 9.47 Å². The van der Waals surface area contributed by atoms with Gasteiger partial charge in [-0.15, -0.1) is 0 Å². The molecule has 0 atom stereocenters. The lowest BCUT2D eigenvalue weighted by molar-refractivity contribution is -0.122. The number of barbiturate groups is 1. The van der Waals surface area contributed by atoms with Crippen molar-refractivity contribution in [2.24, 2.45) is 0 Å². The number of nitrogens with zero attached hydrogens (tertiary/aromatic N) is 1. The normalized spacial score (nSPS) is 14.8. The van der Waals surface area contributed by atoms with Gasteiger partial charge in [-0.2, -0.15) is 0 Å². The van der Waals surface area contributed by atoms with Gasteiger partial charge in [0.1, 0.15) is 23.7 Å². The lowest BCUT2D eigenvalue weighted by Gasteiger charge is -2.26. The van der Waals surface area contributed by atoms with E-state index in [2.05, 4.69) is 39.4 Å².